The van der Waals surface area contributed by atoms with E-state index in [1.54, 1.807) is 0 Å². The smallest absolute Gasteiger partial charge is 0.133 e. The number of aromatic nitrogens is 2. The molecular formula is C17H28BrN3. The fraction of sp³-hybridized carbons (Fsp3) is 0.765. The SMILES string of the molecule is CCCc1nc(Br)cc(N2CCCC(C(C)(C)C)CC2)n1. The first-order valence-corrected chi connectivity index (χ1v) is 8.98. The number of anilines is 1. The summed E-state index contributed by atoms with van der Waals surface area (Å²) in [5, 5.41) is 0. The number of aryl methyl sites for hydroxylation is 1. The van der Waals surface area contributed by atoms with Crippen LogP contribution in [0.15, 0.2) is 10.7 Å². The van der Waals surface area contributed by atoms with Gasteiger partial charge in [-0.25, -0.2) is 9.97 Å². The van der Waals surface area contributed by atoms with Gasteiger partial charge in [0.25, 0.3) is 0 Å². The lowest BCUT2D eigenvalue weighted by Gasteiger charge is -2.30. The van der Waals surface area contributed by atoms with E-state index < -0.39 is 0 Å². The highest BCUT2D eigenvalue weighted by atomic mass is 79.9. The van der Waals surface area contributed by atoms with Crippen molar-refractivity contribution in [3.05, 3.63) is 16.5 Å². The highest BCUT2D eigenvalue weighted by Crippen LogP contribution is 2.35. The average Bonchev–Trinajstić information content (AvgIpc) is 2.63. The van der Waals surface area contributed by atoms with Crippen molar-refractivity contribution < 1.29 is 0 Å². The molecular weight excluding hydrogens is 326 g/mol. The van der Waals surface area contributed by atoms with Gasteiger partial charge < -0.3 is 4.90 Å². The predicted octanol–water partition coefficient (Wildman–Crippen LogP) is 4.84. The van der Waals surface area contributed by atoms with E-state index in [1.807, 2.05) is 0 Å². The van der Waals surface area contributed by atoms with Crippen molar-refractivity contribution in [3.8, 4) is 0 Å². The molecule has 0 N–H and O–H groups in total. The summed E-state index contributed by atoms with van der Waals surface area (Å²) < 4.78 is 0.910. The zero-order valence-corrected chi connectivity index (χ0v) is 15.4. The standard InChI is InChI=1S/C17H28BrN3/c1-5-7-15-19-14(18)12-16(20-15)21-10-6-8-13(9-11-21)17(2,3)4/h12-13H,5-11H2,1-4H3. The molecule has 1 aromatic heterocycles. The summed E-state index contributed by atoms with van der Waals surface area (Å²) in [6.07, 6.45) is 5.88. The molecule has 1 saturated heterocycles. The second kappa shape index (κ2) is 7.08. The van der Waals surface area contributed by atoms with Crippen LogP contribution in [0.25, 0.3) is 0 Å². The monoisotopic (exact) mass is 353 g/mol. The van der Waals surface area contributed by atoms with Gasteiger partial charge in [0.05, 0.1) is 0 Å². The van der Waals surface area contributed by atoms with Gasteiger partial charge in [0, 0.05) is 25.6 Å². The van der Waals surface area contributed by atoms with Gasteiger partial charge in [-0.05, 0) is 52.9 Å². The molecule has 0 spiro atoms. The Morgan fingerprint density at radius 3 is 2.67 bits per heavy atom. The van der Waals surface area contributed by atoms with E-state index in [1.165, 1.54) is 19.3 Å². The molecule has 3 nitrogen and oxygen atoms in total. The van der Waals surface area contributed by atoms with E-state index in [-0.39, 0.29) is 0 Å². The zero-order chi connectivity index (χ0) is 15.5. The summed E-state index contributed by atoms with van der Waals surface area (Å²) in [4.78, 5) is 11.7. The van der Waals surface area contributed by atoms with Crippen molar-refractivity contribution >= 4 is 21.7 Å². The minimum atomic E-state index is 0.412. The Kier molecular flexibility index (Phi) is 5.64. The van der Waals surface area contributed by atoms with Crippen LogP contribution in [0.2, 0.25) is 0 Å². The van der Waals surface area contributed by atoms with E-state index in [9.17, 15) is 0 Å². The van der Waals surface area contributed by atoms with Gasteiger partial charge in [0.1, 0.15) is 16.2 Å². The van der Waals surface area contributed by atoms with Crippen LogP contribution in [-0.4, -0.2) is 23.1 Å². The summed E-state index contributed by atoms with van der Waals surface area (Å²) in [5.74, 6) is 2.86. The van der Waals surface area contributed by atoms with Crippen molar-refractivity contribution in [2.45, 2.75) is 59.8 Å². The molecule has 2 heterocycles. The topological polar surface area (TPSA) is 29.0 Å². The maximum absolute atomic E-state index is 4.76. The van der Waals surface area contributed by atoms with Crippen LogP contribution in [0.5, 0.6) is 0 Å². The van der Waals surface area contributed by atoms with Crippen molar-refractivity contribution in [1.82, 2.24) is 9.97 Å². The molecule has 1 aliphatic rings. The minimum Gasteiger partial charge on any atom is -0.356 e. The van der Waals surface area contributed by atoms with Gasteiger partial charge in [-0.15, -0.1) is 0 Å². The summed E-state index contributed by atoms with van der Waals surface area (Å²) in [6, 6.07) is 2.07. The molecule has 0 radical (unpaired) electrons. The molecule has 1 fully saturated rings. The Morgan fingerprint density at radius 2 is 2.00 bits per heavy atom. The van der Waals surface area contributed by atoms with Crippen molar-refractivity contribution in [3.63, 3.8) is 0 Å². The quantitative estimate of drug-likeness (QED) is 0.727. The van der Waals surface area contributed by atoms with E-state index in [0.29, 0.717) is 5.41 Å². The average molecular weight is 354 g/mol. The molecule has 1 unspecified atom stereocenters. The van der Waals surface area contributed by atoms with Gasteiger partial charge >= 0.3 is 0 Å². The van der Waals surface area contributed by atoms with Crippen LogP contribution in [0.1, 0.15) is 59.2 Å². The van der Waals surface area contributed by atoms with Gasteiger partial charge in [0.15, 0.2) is 0 Å². The van der Waals surface area contributed by atoms with Crippen LogP contribution in [0.4, 0.5) is 5.82 Å². The molecule has 0 aromatic carbocycles. The van der Waals surface area contributed by atoms with E-state index in [0.717, 1.165) is 48.1 Å². The highest BCUT2D eigenvalue weighted by molar-refractivity contribution is 9.10. The first kappa shape index (κ1) is 16.7. The van der Waals surface area contributed by atoms with Gasteiger partial charge in [-0.1, -0.05) is 27.7 Å². The van der Waals surface area contributed by atoms with E-state index in [2.05, 4.69) is 59.6 Å². The van der Waals surface area contributed by atoms with Crippen LogP contribution in [-0.2, 0) is 6.42 Å². The number of nitrogens with zero attached hydrogens (tertiary/aromatic N) is 3. The maximum atomic E-state index is 4.76. The highest BCUT2D eigenvalue weighted by Gasteiger charge is 2.27. The third kappa shape index (κ3) is 4.67. The molecule has 118 valence electrons. The number of halogens is 1. The first-order valence-electron chi connectivity index (χ1n) is 8.18. The second-order valence-corrected chi connectivity index (χ2v) is 8.01. The van der Waals surface area contributed by atoms with Crippen LogP contribution in [0.3, 0.4) is 0 Å². The van der Waals surface area contributed by atoms with Crippen LogP contribution >= 0.6 is 15.9 Å². The van der Waals surface area contributed by atoms with Crippen molar-refractivity contribution in [2.75, 3.05) is 18.0 Å². The molecule has 4 heteroatoms. The number of rotatable bonds is 3. The molecule has 1 aromatic rings. The molecule has 21 heavy (non-hydrogen) atoms. The molecule has 2 rings (SSSR count). The van der Waals surface area contributed by atoms with Crippen LogP contribution in [0, 0.1) is 11.3 Å². The van der Waals surface area contributed by atoms with E-state index >= 15 is 0 Å². The molecule has 0 bridgehead atoms. The maximum Gasteiger partial charge on any atom is 0.133 e. The number of hydrogen-bond acceptors (Lipinski definition) is 3. The first-order chi connectivity index (χ1) is 9.90. The lowest BCUT2D eigenvalue weighted by Crippen LogP contribution is -2.27. The molecule has 0 amide bonds. The molecule has 0 aliphatic carbocycles. The fourth-order valence-electron chi connectivity index (χ4n) is 3.14. The Balaban J connectivity index is 2.12. The third-order valence-electron chi connectivity index (χ3n) is 4.48. The van der Waals surface area contributed by atoms with Crippen LogP contribution < -0.4 is 4.90 Å². The van der Waals surface area contributed by atoms with Crippen molar-refractivity contribution in [2.24, 2.45) is 11.3 Å². The summed E-state index contributed by atoms with van der Waals surface area (Å²) in [6.45, 7) is 11.5. The Bertz CT molecular complexity index is 468. The minimum absolute atomic E-state index is 0.412. The molecule has 0 saturated carbocycles. The van der Waals surface area contributed by atoms with Crippen molar-refractivity contribution in [1.29, 1.82) is 0 Å². The Labute approximate surface area is 137 Å². The fourth-order valence-corrected chi connectivity index (χ4v) is 3.55. The van der Waals surface area contributed by atoms with Gasteiger partial charge in [-0.2, -0.15) is 0 Å². The summed E-state index contributed by atoms with van der Waals surface area (Å²) >= 11 is 3.53. The number of hydrogen-bond donors (Lipinski definition) is 0. The van der Waals surface area contributed by atoms with Gasteiger partial charge in [0.2, 0.25) is 0 Å². The molecule has 1 atom stereocenters. The molecule has 1 aliphatic heterocycles. The van der Waals surface area contributed by atoms with Gasteiger partial charge in [-0.3, -0.25) is 0 Å². The summed E-state index contributed by atoms with van der Waals surface area (Å²) in [5.41, 5.74) is 0.412. The Morgan fingerprint density at radius 1 is 1.24 bits per heavy atom. The zero-order valence-electron chi connectivity index (χ0n) is 13.8. The predicted molar refractivity (Wildman–Crippen MR) is 92.7 cm³/mol. The largest absolute Gasteiger partial charge is 0.356 e. The lowest BCUT2D eigenvalue weighted by atomic mass is 9.77. The van der Waals surface area contributed by atoms with E-state index in [4.69, 9.17) is 4.98 Å². The lowest BCUT2D eigenvalue weighted by molar-refractivity contribution is 0.220. The second-order valence-electron chi connectivity index (χ2n) is 7.20. The normalized spacial score (nSPS) is 20.4. The summed E-state index contributed by atoms with van der Waals surface area (Å²) in [7, 11) is 0. The Hall–Kier alpha value is -0.640. The third-order valence-corrected chi connectivity index (χ3v) is 4.88.